The topological polar surface area (TPSA) is 49.4 Å². The molecule has 1 saturated heterocycles. The summed E-state index contributed by atoms with van der Waals surface area (Å²) in [5.74, 6) is -0.330. The lowest BCUT2D eigenvalue weighted by Crippen LogP contribution is -2.40. The van der Waals surface area contributed by atoms with E-state index in [9.17, 15) is 9.59 Å². The first kappa shape index (κ1) is 16.3. The van der Waals surface area contributed by atoms with Crippen molar-refractivity contribution in [2.75, 3.05) is 6.54 Å². The molecule has 1 heterocycles. The van der Waals surface area contributed by atoms with Gasteiger partial charge in [-0.25, -0.2) is 0 Å². The Morgan fingerprint density at radius 3 is 2.81 bits per heavy atom. The summed E-state index contributed by atoms with van der Waals surface area (Å²) in [6.45, 7) is 2.22. The van der Waals surface area contributed by atoms with Gasteiger partial charge in [-0.1, -0.05) is 60.7 Å². The zero-order chi connectivity index (χ0) is 15.4. The van der Waals surface area contributed by atoms with Crippen LogP contribution < -0.4 is 5.32 Å². The Morgan fingerprint density at radius 1 is 1.48 bits per heavy atom. The number of benzene rings is 1. The Balaban J connectivity index is 1.89. The molecule has 4 nitrogen and oxygen atoms in total. The van der Waals surface area contributed by atoms with Crippen LogP contribution in [-0.4, -0.2) is 32.8 Å². The number of carbonyl (C=O) groups excluding carboxylic acids is 2. The zero-order valence-electron chi connectivity index (χ0n) is 11.5. The summed E-state index contributed by atoms with van der Waals surface area (Å²) < 4.78 is 0.472. The third-order valence-electron chi connectivity index (χ3n) is 3.11. The number of thiocarbonyl (C=S) groups is 1. The van der Waals surface area contributed by atoms with Gasteiger partial charge in [-0.15, -0.1) is 0 Å². The molecule has 2 rings (SSSR count). The van der Waals surface area contributed by atoms with Crippen LogP contribution in [0.25, 0.3) is 0 Å². The lowest BCUT2D eigenvalue weighted by Gasteiger charge is -2.15. The van der Waals surface area contributed by atoms with Crippen LogP contribution in [0.1, 0.15) is 18.9 Å². The molecule has 2 amide bonds. The van der Waals surface area contributed by atoms with Crippen LogP contribution in [0.4, 0.5) is 0 Å². The molecule has 0 radical (unpaired) electrons. The highest BCUT2D eigenvalue weighted by atomic mass is 35.5. The Labute approximate surface area is 138 Å². The number of thioether (sulfide) groups is 1. The fraction of sp³-hybridized carbons (Fsp3) is 0.357. The van der Waals surface area contributed by atoms with Gasteiger partial charge >= 0.3 is 0 Å². The molecule has 1 aromatic rings. The first-order valence-electron chi connectivity index (χ1n) is 6.55. The number of nitrogens with zero attached hydrogens (tertiary/aromatic N) is 1. The largest absolute Gasteiger partial charge is 0.350 e. The summed E-state index contributed by atoms with van der Waals surface area (Å²) in [6.07, 6.45) is 0.710. The van der Waals surface area contributed by atoms with Gasteiger partial charge in [-0.3, -0.25) is 14.5 Å². The van der Waals surface area contributed by atoms with Crippen LogP contribution in [0.3, 0.4) is 0 Å². The molecule has 0 saturated carbocycles. The number of halogens is 1. The first-order chi connectivity index (χ1) is 10.0. The summed E-state index contributed by atoms with van der Waals surface area (Å²) in [7, 11) is 0. The molecule has 1 N–H and O–H groups in total. The molecule has 1 aliphatic heterocycles. The van der Waals surface area contributed by atoms with Crippen LogP contribution in [0.15, 0.2) is 24.3 Å². The smallest absolute Gasteiger partial charge is 0.242 e. The Morgan fingerprint density at radius 2 is 2.19 bits per heavy atom. The molecule has 21 heavy (non-hydrogen) atoms. The molecule has 0 aromatic heterocycles. The molecule has 1 aliphatic rings. The van der Waals surface area contributed by atoms with Crippen LogP contribution in [0, 0.1) is 0 Å². The molecule has 1 unspecified atom stereocenters. The number of amides is 2. The van der Waals surface area contributed by atoms with Gasteiger partial charge in [0.25, 0.3) is 0 Å². The predicted octanol–water partition coefficient (Wildman–Crippen LogP) is 2.60. The Hall–Kier alpha value is -1.11. The number of hydrogen-bond acceptors (Lipinski definition) is 4. The van der Waals surface area contributed by atoms with Crippen molar-refractivity contribution in [3.63, 3.8) is 0 Å². The number of hydrogen-bond donors (Lipinski definition) is 1. The Kier molecular flexibility index (Phi) is 5.61. The van der Waals surface area contributed by atoms with E-state index in [0.29, 0.717) is 22.3 Å². The van der Waals surface area contributed by atoms with Crippen LogP contribution in [-0.2, 0) is 16.1 Å². The molecular weight excluding hydrogens is 328 g/mol. The molecule has 1 aromatic carbocycles. The highest BCUT2D eigenvalue weighted by molar-refractivity contribution is 8.24. The summed E-state index contributed by atoms with van der Waals surface area (Å²) in [6, 6.07) is 7.30. The van der Waals surface area contributed by atoms with E-state index in [-0.39, 0.29) is 23.6 Å². The monoisotopic (exact) mass is 342 g/mol. The summed E-state index contributed by atoms with van der Waals surface area (Å²) in [4.78, 5) is 25.4. The fourth-order valence-electron chi connectivity index (χ4n) is 1.94. The molecular formula is C14H15ClN2O2S2. The number of carbonyl (C=O) groups is 2. The highest BCUT2D eigenvalue weighted by Crippen LogP contribution is 2.28. The second kappa shape index (κ2) is 7.24. The fourth-order valence-corrected chi connectivity index (χ4v) is 3.56. The van der Waals surface area contributed by atoms with E-state index in [4.69, 9.17) is 23.8 Å². The summed E-state index contributed by atoms with van der Waals surface area (Å²) >= 11 is 12.5. The zero-order valence-corrected chi connectivity index (χ0v) is 13.9. The molecule has 0 spiro atoms. The van der Waals surface area contributed by atoms with Gasteiger partial charge in [0.2, 0.25) is 11.8 Å². The molecule has 0 aliphatic carbocycles. The van der Waals surface area contributed by atoms with Gasteiger partial charge in [0.1, 0.15) is 10.9 Å². The van der Waals surface area contributed by atoms with E-state index in [2.05, 4.69) is 5.32 Å². The lowest BCUT2D eigenvalue weighted by atomic mass is 10.2. The van der Waals surface area contributed by atoms with Gasteiger partial charge < -0.3 is 5.32 Å². The lowest BCUT2D eigenvalue weighted by molar-refractivity contribution is -0.131. The van der Waals surface area contributed by atoms with Crippen molar-refractivity contribution in [2.24, 2.45) is 0 Å². The maximum absolute atomic E-state index is 12.0. The van der Waals surface area contributed by atoms with Crippen molar-refractivity contribution >= 4 is 51.7 Å². The molecule has 7 heteroatoms. The third-order valence-corrected chi connectivity index (χ3v) is 5.23. The second-order valence-corrected chi connectivity index (χ2v) is 6.82. The molecule has 1 fully saturated rings. The molecule has 112 valence electrons. The van der Waals surface area contributed by atoms with E-state index >= 15 is 0 Å². The van der Waals surface area contributed by atoms with Gasteiger partial charge in [-0.05, 0) is 18.1 Å². The van der Waals surface area contributed by atoms with Crippen molar-refractivity contribution in [3.05, 3.63) is 34.9 Å². The van der Waals surface area contributed by atoms with Gasteiger partial charge in [-0.2, -0.15) is 0 Å². The van der Waals surface area contributed by atoms with Crippen molar-refractivity contribution < 1.29 is 9.59 Å². The summed E-state index contributed by atoms with van der Waals surface area (Å²) in [5.41, 5.74) is 0.837. The van der Waals surface area contributed by atoms with Crippen LogP contribution in [0.5, 0.6) is 0 Å². The Bertz CT molecular complexity index is 580. The minimum absolute atomic E-state index is 0.0361. The minimum atomic E-state index is -0.247. The third kappa shape index (κ3) is 3.96. The highest BCUT2D eigenvalue weighted by Gasteiger charge is 2.36. The van der Waals surface area contributed by atoms with E-state index in [1.807, 2.05) is 25.1 Å². The van der Waals surface area contributed by atoms with E-state index in [1.54, 1.807) is 6.07 Å². The molecule has 0 bridgehead atoms. The average molecular weight is 343 g/mol. The van der Waals surface area contributed by atoms with Crippen molar-refractivity contribution in [1.29, 1.82) is 0 Å². The minimum Gasteiger partial charge on any atom is -0.350 e. The van der Waals surface area contributed by atoms with Crippen LogP contribution in [0.2, 0.25) is 5.02 Å². The first-order valence-corrected chi connectivity index (χ1v) is 8.21. The normalized spacial score (nSPS) is 18.2. The number of rotatable bonds is 5. The summed E-state index contributed by atoms with van der Waals surface area (Å²) in [5, 5.41) is 3.20. The number of nitrogens with one attached hydrogen (secondary N) is 1. The molecule has 1 atom stereocenters. The standard InChI is InChI=1S/C14H15ClN2O2S2/c1-2-11-13(19)17(14(20)21-11)8-12(18)16-7-9-5-3-4-6-10(9)15/h3-6,11H,2,7-8H2,1H3,(H,16,18). The maximum atomic E-state index is 12.0. The quantitative estimate of drug-likeness (QED) is 0.836. The van der Waals surface area contributed by atoms with E-state index in [1.165, 1.54) is 16.7 Å². The van der Waals surface area contributed by atoms with Gasteiger partial charge in [0.15, 0.2) is 0 Å². The predicted molar refractivity (Wildman–Crippen MR) is 89.3 cm³/mol. The van der Waals surface area contributed by atoms with Crippen LogP contribution >= 0.6 is 35.6 Å². The maximum Gasteiger partial charge on any atom is 0.242 e. The van der Waals surface area contributed by atoms with Gasteiger partial charge in [0.05, 0.1) is 5.25 Å². The van der Waals surface area contributed by atoms with E-state index < -0.39 is 0 Å². The van der Waals surface area contributed by atoms with Crippen molar-refractivity contribution in [3.8, 4) is 0 Å². The second-order valence-electron chi connectivity index (χ2n) is 4.57. The van der Waals surface area contributed by atoms with E-state index in [0.717, 1.165) is 5.56 Å². The average Bonchev–Trinajstić information content (AvgIpc) is 2.74. The van der Waals surface area contributed by atoms with Crippen molar-refractivity contribution in [1.82, 2.24) is 10.2 Å². The van der Waals surface area contributed by atoms with Gasteiger partial charge in [0, 0.05) is 11.6 Å². The van der Waals surface area contributed by atoms with Crippen molar-refractivity contribution in [2.45, 2.75) is 25.1 Å². The SMILES string of the molecule is CCC1SC(=S)N(CC(=O)NCc2ccccc2Cl)C1=O.